The number of methoxy groups -OCH3 is 1. The van der Waals surface area contributed by atoms with Gasteiger partial charge in [0.1, 0.15) is 11.6 Å². The van der Waals surface area contributed by atoms with Gasteiger partial charge < -0.3 is 20.7 Å². The molecule has 3 N–H and O–H groups in total. The van der Waals surface area contributed by atoms with Gasteiger partial charge in [0.25, 0.3) is 5.91 Å². The first-order valence-corrected chi connectivity index (χ1v) is 9.72. The molecule has 1 saturated heterocycles. The molecule has 0 aromatic heterocycles. The highest BCUT2D eigenvalue weighted by molar-refractivity contribution is 5.99. The van der Waals surface area contributed by atoms with E-state index in [1.165, 1.54) is 12.1 Å². The number of ether oxygens (including phenoxy) is 1. The van der Waals surface area contributed by atoms with E-state index in [1.807, 2.05) is 0 Å². The van der Waals surface area contributed by atoms with Crippen LogP contribution in [0.15, 0.2) is 42.5 Å². The Morgan fingerprint density at radius 1 is 1.17 bits per heavy atom. The van der Waals surface area contributed by atoms with Crippen LogP contribution in [0.25, 0.3) is 0 Å². The second-order valence-corrected chi connectivity index (χ2v) is 7.20. The minimum atomic E-state index is -0.338. The van der Waals surface area contributed by atoms with Crippen LogP contribution in [0.5, 0.6) is 5.75 Å². The number of nitrogen functional groups attached to an aromatic ring is 1. The SMILES string of the molecule is COc1ccc(C(=O)NCCN2CCC(C(=O)c3ccc(F)cc3)CC2)c(N)c1. The molecule has 0 unspecified atom stereocenters. The third kappa shape index (κ3) is 5.32. The minimum Gasteiger partial charge on any atom is -0.497 e. The Hall–Kier alpha value is -2.93. The number of ketones is 1. The van der Waals surface area contributed by atoms with Crippen molar-refractivity contribution in [2.75, 3.05) is 39.0 Å². The Morgan fingerprint density at radius 2 is 1.86 bits per heavy atom. The lowest BCUT2D eigenvalue weighted by molar-refractivity contribution is 0.0839. The second kappa shape index (κ2) is 9.52. The number of nitrogens with zero attached hydrogens (tertiary/aromatic N) is 1. The first-order valence-electron chi connectivity index (χ1n) is 9.72. The van der Waals surface area contributed by atoms with Gasteiger partial charge in [-0.15, -0.1) is 0 Å². The third-order valence-electron chi connectivity index (χ3n) is 5.30. The first-order chi connectivity index (χ1) is 14.0. The number of carbonyl (C=O) groups is 2. The maximum absolute atomic E-state index is 13.0. The molecule has 7 heteroatoms. The Kier molecular flexibility index (Phi) is 6.82. The average Bonchev–Trinajstić information content (AvgIpc) is 2.74. The number of Topliss-reactive ketones (excluding diaryl/α,β-unsaturated/α-hetero) is 1. The summed E-state index contributed by atoms with van der Waals surface area (Å²) in [6, 6.07) is 10.7. The van der Waals surface area contributed by atoms with Crippen molar-refractivity contribution in [3.05, 3.63) is 59.4 Å². The molecular formula is C22H26FN3O3. The van der Waals surface area contributed by atoms with Gasteiger partial charge in [-0.2, -0.15) is 0 Å². The summed E-state index contributed by atoms with van der Waals surface area (Å²) in [6.07, 6.45) is 1.52. The summed E-state index contributed by atoms with van der Waals surface area (Å²) >= 11 is 0. The second-order valence-electron chi connectivity index (χ2n) is 7.20. The van der Waals surface area contributed by atoms with Crippen LogP contribution in [0.4, 0.5) is 10.1 Å². The van der Waals surface area contributed by atoms with E-state index in [-0.39, 0.29) is 23.4 Å². The van der Waals surface area contributed by atoms with Crippen LogP contribution in [-0.2, 0) is 0 Å². The van der Waals surface area contributed by atoms with Crippen molar-refractivity contribution in [1.82, 2.24) is 10.2 Å². The lowest BCUT2D eigenvalue weighted by Crippen LogP contribution is -2.41. The number of likely N-dealkylation sites (tertiary alicyclic amines) is 1. The van der Waals surface area contributed by atoms with Gasteiger partial charge in [-0.05, 0) is 62.3 Å². The number of hydrogen-bond donors (Lipinski definition) is 2. The zero-order valence-electron chi connectivity index (χ0n) is 16.5. The molecule has 1 fully saturated rings. The predicted molar refractivity (Wildman–Crippen MR) is 110 cm³/mol. The molecule has 0 spiro atoms. The summed E-state index contributed by atoms with van der Waals surface area (Å²) in [7, 11) is 1.55. The topological polar surface area (TPSA) is 84.7 Å². The van der Waals surface area contributed by atoms with E-state index in [9.17, 15) is 14.0 Å². The molecule has 2 aromatic rings. The molecule has 0 aliphatic carbocycles. The van der Waals surface area contributed by atoms with E-state index in [2.05, 4.69) is 10.2 Å². The van der Waals surface area contributed by atoms with Gasteiger partial charge >= 0.3 is 0 Å². The van der Waals surface area contributed by atoms with Crippen molar-refractivity contribution in [2.24, 2.45) is 5.92 Å². The number of halogens is 1. The summed E-state index contributed by atoms with van der Waals surface area (Å²) in [5.74, 6) is 0.0942. The molecule has 6 nitrogen and oxygen atoms in total. The van der Waals surface area contributed by atoms with Crippen LogP contribution in [0.2, 0.25) is 0 Å². The Labute approximate surface area is 169 Å². The minimum absolute atomic E-state index is 0.0367. The Balaban J connectivity index is 1.42. The van der Waals surface area contributed by atoms with E-state index >= 15 is 0 Å². The molecule has 1 amide bonds. The normalized spacial score (nSPS) is 15.1. The largest absolute Gasteiger partial charge is 0.497 e. The number of nitrogens with one attached hydrogen (secondary N) is 1. The molecule has 1 aliphatic heterocycles. The van der Waals surface area contributed by atoms with E-state index in [0.29, 0.717) is 35.7 Å². The number of carbonyl (C=O) groups excluding carboxylic acids is 2. The fraction of sp³-hybridized carbons (Fsp3) is 0.364. The number of benzene rings is 2. The maximum Gasteiger partial charge on any atom is 0.253 e. The number of anilines is 1. The fourth-order valence-corrected chi connectivity index (χ4v) is 3.57. The van der Waals surface area contributed by atoms with Gasteiger partial charge in [0, 0.05) is 36.3 Å². The molecule has 29 heavy (non-hydrogen) atoms. The predicted octanol–water partition coefficient (Wildman–Crippen LogP) is 2.74. The van der Waals surface area contributed by atoms with Crippen LogP contribution in [0, 0.1) is 11.7 Å². The summed E-state index contributed by atoms with van der Waals surface area (Å²) in [5, 5.41) is 2.89. The highest BCUT2D eigenvalue weighted by atomic mass is 19.1. The van der Waals surface area contributed by atoms with E-state index < -0.39 is 0 Å². The van der Waals surface area contributed by atoms with Gasteiger partial charge in [-0.25, -0.2) is 4.39 Å². The molecule has 0 radical (unpaired) electrons. The number of hydrogen-bond acceptors (Lipinski definition) is 5. The number of nitrogens with two attached hydrogens (primary N) is 1. The van der Waals surface area contributed by atoms with Gasteiger partial charge in [0.15, 0.2) is 5.78 Å². The lowest BCUT2D eigenvalue weighted by atomic mass is 9.89. The molecule has 2 aromatic carbocycles. The molecule has 0 bridgehead atoms. The van der Waals surface area contributed by atoms with Gasteiger partial charge in [0.05, 0.1) is 12.7 Å². The van der Waals surface area contributed by atoms with E-state index in [0.717, 1.165) is 25.9 Å². The molecule has 0 atom stereocenters. The lowest BCUT2D eigenvalue weighted by Gasteiger charge is -2.31. The quantitative estimate of drug-likeness (QED) is 0.552. The fourth-order valence-electron chi connectivity index (χ4n) is 3.57. The van der Waals surface area contributed by atoms with Crippen LogP contribution in [0.3, 0.4) is 0 Å². The van der Waals surface area contributed by atoms with Crippen molar-refractivity contribution in [3.63, 3.8) is 0 Å². The molecule has 0 saturated carbocycles. The summed E-state index contributed by atoms with van der Waals surface area (Å²) < 4.78 is 18.1. The molecular weight excluding hydrogens is 373 g/mol. The molecule has 1 heterocycles. The van der Waals surface area contributed by atoms with Gasteiger partial charge in [-0.1, -0.05) is 0 Å². The standard InChI is InChI=1S/C22H26FN3O3/c1-29-18-6-7-19(20(24)14-18)22(28)25-10-13-26-11-8-16(9-12-26)21(27)15-2-4-17(23)5-3-15/h2-7,14,16H,8-13,24H2,1H3,(H,25,28). The number of rotatable bonds is 7. The maximum atomic E-state index is 13.0. The van der Waals surface area contributed by atoms with Gasteiger partial charge in [0.2, 0.25) is 0 Å². The van der Waals surface area contributed by atoms with Crippen LogP contribution < -0.4 is 15.8 Å². The molecule has 3 rings (SSSR count). The van der Waals surface area contributed by atoms with Crippen LogP contribution in [-0.4, -0.2) is 49.9 Å². The zero-order chi connectivity index (χ0) is 20.8. The summed E-state index contributed by atoms with van der Waals surface area (Å²) in [6.45, 7) is 2.79. The zero-order valence-corrected chi connectivity index (χ0v) is 16.5. The van der Waals surface area contributed by atoms with Crippen LogP contribution >= 0.6 is 0 Å². The van der Waals surface area contributed by atoms with Crippen molar-refractivity contribution in [3.8, 4) is 5.75 Å². The van der Waals surface area contributed by atoms with E-state index in [4.69, 9.17) is 10.5 Å². The molecule has 154 valence electrons. The summed E-state index contributed by atoms with van der Waals surface area (Å²) in [5.41, 5.74) is 7.27. The molecule has 1 aliphatic rings. The number of amides is 1. The highest BCUT2D eigenvalue weighted by Gasteiger charge is 2.25. The van der Waals surface area contributed by atoms with Crippen molar-refractivity contribution >= 4 is 17.4 Å². The smallest absolute Gasteiger partial charge is 0.253 e. The Bertz CT molecular complexity index is 862. The highest BCUT2D eigenvalue weighted by Crippen LogP contribution is 2.22. The van der Waals surface area contributed by atoms with E-state index in [1.54, 1.807) is 37.4 Å². The van der Waals surface area contributed by atoms with Crippen LogP contribution in [0.1, 0.15) is 33.6 Å². The van der Waals surface area contributed by atoms with Crippen molar-refractivity contribution < 1.29 is 18.7 Å². The number of piperidine rings is 1. The first kappa shape index (κ1) is 20.8. The van der Waals surface area contributed by atoms with Crippen molar-refractivity contribution in [2.45, 2.75) is 12.8 Å². The summed E-state index contributed by atoms with van der Waals surface area (Å²) in [4.78, 5) is 27.1. The van der Waals surface area contributed by atoms with Gasteiger partial charge in [-0.3, -0.25) is 9.59 Å². The van der Waals surface area contributed by atoms with Crippen molar-refractivity contribution in [1.29, 1.82) is 0 Å². The average molecular weight is 399 g/mol. The Morgan fingerprint density at radius 3 is 2.48 bits per heavy atom. The third-order valence-corrected chi connectivity index (χ3v) is 5.30. The monoisotopic (exact) mass is 399 g/mol.